The Morgan fingerprint density at radius 3 is 1.47 bits per heavy atom. The SMILES string of the molecule is CCCCCC(=O)NC(Cc1ccccc1)C(=O)NC(Cc1ccc2ccccc2c1)C(=O)NC(Cc1ccc2ccccc2c1)C(=O)NC(CCCCN)C(N)=O. The number of nitrogens with one attached hydrogen (secondary N) is 4. The van der Waals surface area contributed by atoms with Gasteiger partial charge in [-0.05, 0) is 70.5 Å². The van der Waals surface area contributed by atoms with Crippen LogP contribution in [-0.2, 0) is 43.2 Å². The van der Waals surface area contributed by atoms with E-state index in [0.29, 0.717) is 32.2 Å². The lowest BCUT2D eigenvalue weighted by atomic mass is 9.98. The molecule has 0 aliphatic heterocycles. The molecule has 8 N–H and O–H groups in total. The van der Waals surface area contributed by atoms with Crippen LogP contribution in [0.2, 0.25) is 0 Å². The van der Waals surface area contributed by atoms with Gasteiger partial charge in [-0.25, -0.2) is 0 Å². The lowest BCUT2D eigenvalue weighted by Crippen LogP contribution is -2.59. The second-order valence-electron chi connectivity index (χ2n) is 14.9. The molecule has 11 nitrogen and oxygen atoms in total. The molecule has 4 unspecified atom stereocenters. The molecule has 11 heteroatoms. The predicted octanol–water partition coefficient (Wildman–Crippen LogP) is 5.15. The molecular weight excluding hydrogens is 729 g/mol. The van der Waals surface area contributed by atoms with Crippen molar-refractivity contribution in [3.63, 3.8) is 0 Å². The van der Waals surface area contributed by atoms with Crippen LogP contribution < -0.4 is 32.7 Å². The van der Waals surface area contributed by atoms with Crippen LogP contribution in [0.1, 0.15) is 68.6 Å². The standard InChI is InChI=1S/C47H56N6O5/c1-2-3-5-21-43(54)50-40(29-32-14-6-4-7-15-32)45(56)52-42(31-34-23-25-36-17-9-11-19-38(36)28-34)47(58)53-41(46(57)51-39(44(49)55)20-12-13-26-48)30-33-22-24-35-16-8-10-18-37(35)27-33/h4,6-11,14-19,22-25,27-28,39-42H,2-3,5,12-13,20-21,26,29-31,48H2,1H3,(H2,49,55)(H,50,54)(H,51,57)(H,52,56)(H,53,58). The van der Waals surface area contributed by atoms with E-state index in [1.54, 1.807) is 0 Å². The third-order valence-corrected chi connectivity index (χ3v) is 10.3. The van der Waals surface area contributed by atoms with Crippen LogP contribution in [0.5, 0.6) is 0 Å². The summed E-state index contributed by atoms with van der Waals surface area (Å²) in [5.74, 6) is -2.66. The Morgan fingerprint density at radius 1 is 0.500 bits per heavy atom. The molecule has 0 heterocycles. The summed E-state index contributed by atoms with van der Waals surface area (Å²) in [6.07, 6.45) is 4.73. The minimum Gasteiger partial charge on any atom is -0.368 e. The molecule has 5 rings (SSSR count). The summed E-state index contributed by atoms with van der Waals surface area (Å²) < 4.78 is 0. The number of hydrogen-bond acceptors (Lipinski definition) is 6. The number of nitrogens with two attached hydrogens (primary N) is 2. The highest BCUT2D eigenvalue weighted by molar-refractivity contribution is 5.96. The van der Waals surface area contributed by atoms with Gasteiger partial charge in [-0.3, -0.25) is 24.0 Å². The third kappa shape index (κ3) is 13.0. The van der Waals surface area contributed by atoms with Gasteiger partial charge < -0.3 is 32.7 Å². The maximum Gasteiger partial charge on any atom is 0.243 e. The van der Waals surface area contributed by atoms with Crippen molar-refractivity contribution in [2.45, 2.75) is 95.3 Å². The summed E-state index contributed by atoms with van der Waals surface area (Å²) in [6, 6.07) is 32.5. The van der Waals surface area contributed by atoms with Crippen molar-refractivity contribution in [2.75, 3.05) is 6.54 Å². The fourth-order valence-corrected chi connectivity index (χ4v) is 7.08. The maximum atomic E-state index is 14.6. The van der Waals surface area contributed by atoms with Gasteiger partial charge in [-0.15, -0.1) is 0 Å². The van der Waals surface area contributed by atoms with Crippen molar-refractivity contribution in [3.8, 4) is 0 Å². The number of unbranched alkanes of at least 4 members (excludes halogenated alkanes) is 3. The van der Waals surface area contributed by atoms with E-state index in [2.05, 4.69) is 28.2 Å². The molecule has 58 heavy (non-hydrogen) atoms. The number of carbonyl (C=O) groups is 5. The smallest absolute Gasteiger partial charge is 0.243 e. The number of carbonyl (C=O) groups excluding carboxylic acids is 5. The van der Waals surface area contributed by atoms with Crippen LogP contribution in [0.3, 0.4) is 0 Å². The van der Waals surface area contributed by atoms with Crippen molar-refractivity contribution in [2.24, 2.45) is 11.5 Å². The average Bonchev–Trinajstić information content (AvgIpc) is 3.22. The van der Waals surface area contributed by atoms with Crippen LogP contribution in [0, 0.1) is 0 Å². The molecule has 304 valence electrons. The number of hydrogen-bond donors (Lipinski definition) is 6. The van der Waals surface area contributed by atoms with E-state index in [-0.39, 0.29) is 31.6 Å². The van der Waals surface area contributed by atoms with E-state index in [4.69, 9.17) is 11.5 Å². The Morgan fingerprint density at radius 2 is 0.966 bits per heavy atom. The quantitative estimate of drug-likeness (QED) is 0.0527. The first kappa shape index (κ1) is 43.1. The highest BCUT2D eigenvalue weighted by atomic mass is 16.2. The number of amides is 5. The number of primary amides is 1. The Hall–Kier alpha value is -6.07. The molecule has 5 amide bonds. The summed E-state index contributed by atoms with van der Waals surface area (Å²) in [5, 5.41) is 15.5. The topological polar surface area (TPSA) is 186 Å². The van der Waals surface area contributed by atoms with Gasteiger partial charge in [0.1, 0.15) is 24.2 Å². The molecule has 5 aromatic rings. The van der Waals surface area contributed by atoms with Gasteiger partial charge in [0.15, 0.2) is 0 Å². The molecule has 0 aliphatic rings. The summed E-state index contributed by atoms with van der Waals surface area (Å²) in [6.45, 7) is 2.49. The van der Waals surface area contributed by atoms with Gasteiger partial charge in [-0.1, -0.05) is 135 Å². The highest BCUT2D eigenvalue weighted by Gasteiger charge is 2.32. The molecule has 0 saturated heterocycles. The summed E-state index contributed by atoms with van der Waals surface area (Å²) in [5.41, 5.74) is 13.8. The molecule has 0 aromatic heterocycles. The third-order valence-electron chi connectivity index (χ3n) is 10.3. The molecule has 0 radical (unpaired) electrons. The van der Waals surface area contributed by atoms with Crippen molar-refractivity contribution >= 4 is 51.1 Å². The second-order valence-corrected chi connectivity index (χ2v) is 14.9. The van der Waals surface area contributed by atoms with Crippen molar-refractivity contribution in [1.29, 1.82) is 0 Å². The molecule has 0 bridgehead atoms. The zero-order chi connectivity index (χ0) is 41.3. The molecule has 5 aromatic carbocycles. The molecule has 4 atom stereocenters. The van der Waals surface area contributed by atoms with Crippen LogP contribution in [0.4, 0.5) is 0 Å². The van der Waals surface area contributed by atoms with E-state index < -0.39 is 47.8 Å². The van der Waals surface area contributed by atoms with Crippen LogP contribution in [0.15, 0.2) is 115 Å². The highest BCUT2D eigenvalue weighted by Crippen LogP contribution is 2.19. The monoisotopic (exact) mass is 784 g/mol. The van der Waals surface area contributed by atoms with Crippen molar-refractivity contribution < 1.29 is 24.0 Å². The fourth-order valence-electron chi connectivity index (χ4n) is 7.08. The Bertz CT molecular complexity index is 2160. The van der Waals surface area contributed by atoms with Crippen LogP contribution in [0.25, 0.3) is 21.5 Å². The average molecular weight is 785 g/mol. The Labute approximate surface area is 340 Å². The van der Waals surface area contributed by atoms with E-state index in [1.807, 2.05) is 115 Å². The van der Waals surface area contributed by atoms with Gasteiger partial charge in [-0.2, -0.15) is 0 Å². The first-order valence-electron chi connectivity index (χ1n) is 20.3. The molecule has 0 saturated carbocycles. The van der Waals surface area contributed by atoms with Crippen LogP contribution >= 0.6 is 0 Å². The Balaban J connectivity index is 1.46. The Kier molecular flexibility index (Phi) is 16.4. The molecular formula is C47H56N6O5. The van der Waals surface area contributed by atoms with Gasteiger partial charge >= 0.3 is 0 Å². The summed E-state index contributed by atoms with van der Waals surface area (Å²) in [7, 11) is 0. The first-order valence-corrected chi connectivity index (χ1v) is 20.3. The predicted molar refractivity (Wildman–Crippen MR) is 229 cm³/mol. The summed E-state index contributed by atoms with van der Waals surface area (Å²) in [4.78, 5) is 68.5. The van der Waals surface area contributed by atoms with Gasteiger partial charge in [0.25, 0.3) is 0 Å². The van der Waals surface area contributed by atoms with Crippen LogP contribution in [-0.4, -0.2) is 60.2 Å². The number of rotatable bonds is 22. The maximum absolute atomic E-state index is 14.6. The van der Waals surface area contributed by atoms with Crippen molar-refractivity contribution in [1.82, 2.24) is 21.3 Å². The zero-order valence-corrected chi connectivity index (χ0v) is 33.3. The van der Waals surface area contributed by atoms with E-state index in [9.17, 15) is 24.0 Å². The minimum absolute atomic E-state index is 0.0950. The van der Waals surface area contributed by atoms with Crippen molar-refractivity contribution in [3.05, 3.63) is 132 Å². The molecule has 0 aliphatic carbocycles. The van der Waals surface area contributed by atoms with Gasteiger partial charge in [0.05, 0.1) is 0 Å². The lowest BCUT2D eigenvalue weighted by Gasteiger charge is -2.27. The summed E-state index contributed by atoms with van der Waals surface area (Å²) >= 11 is 0. The minimum atomic E-state index is -1.15. The molecule has 0 fully saturated rings. The fraction of sp³-hybridized carbons (Fsp3) is 0.340. The second kappa shape index (κ2) is 22.0. The number of benzene rings is 5. The van der Waals surface area contributed by atoms with E-state index in [1.165, 1.54) is 0 Å². The molecule has 0 spiro atoms. The zero-order valence-electron chi connectivity index (χ0n) is 33.3. The van der Waals surface area contributed by atoms with Gasteiger partial charge in [0.2, 0.25) is 29.5 Å². The first-order chi connectivity index (χ1) is 28.1. The normalized spacial score (nSPS) is 13.2. The van der Waals surface area contributed by atoms with E-state index >= 15 is 0 Å². The number of fused-ring (bicyclic) bond motifs is 2. The largest absolute Gasteiger partial charge is 0.368 e. The lowest BCUT2D eigenvalue weighted by molar-refractivity contribution is -0.134. The van der Waals surface area contributed by atoms with E-state index in [0.717, 1.165) is 51.1 Å². The van der Waals surface area contributed by atoms with Gasteiger partial charge in [0, 0.05) is 25.7 Å².